The van der Waals surface area contributed by atoms with E-state index in [1.807, 2.05) is 0 Å². The van der Waals surface area contributed by atoms with Crippen LogP contribution in [0.15, 0.2) is 0 Å². The van der Waals surface area contributed by atoms with E-state index >= 15 is 0 Å². The molecule has 108 valence electrons. The van der Waals surface area contributed by atoms with Crippen LogP contribution in [0, 0.1) is 23.2 Å². The highest BCUT2D eigenvalue weighted by atomic mass is 14.5. The highest BCUT2D eigenvalue weighted by Crippen LogP contribution is 2.57. The third-order valence-electron chi connectivity index (χ3n) is 5.80. The number of hydrogen-bond acceptors (Lipinski definition) is 0. The summed E-state index contributed by atoms with van der Waals surface area (Å²) in [6.07, 6.45) is 13.1. The first-order valence-corrected chi connectivity index (χ1v) is 8.53. The molecule has 18 heavy (non-hydrogen) atoms. The number of unbranched alkanes of at least 4 members (excludes halogenated alkanes) is 3. The first-order chi connectivity index (χ1) is 8.53. The van der Waals surface area contributed by atoms with Crippen molar-refractivity contribution in [3.63, 3.8) is 0 Å². The maximum Gasteiger partial charge on any atom is -0.0295 e. The fourth-order valence-corrected chi connectivity index (χ4v) is 3.48. The maximum atomic E-state index is 2.51. The lowest BCUT2D eigenvalue weighted by Crippen LogP contribution is -2.06. The molecular weight excluding hydrogens is 216 g/mol. The molecule has 1 aliphatic rings. The second-order valence-electron chi connectivity index (χ2n) is 7.28. The van der Waals surface area contributed by atoms with E-state index in [0.29, 0.717) is 0 Å². The normalized spacial score (nSPS) is 30.2. The van der Waals surface area contributed by atoms with Crippen LogP contribution < -0.4 is 0 Å². The van der Waals surface area contributed by atoms with Crippen LogP contribution in [-0.2, 0) is 0 Å². The van der Waals surface area contributed by atoms with Crippen molar-refractivity contribution in [2.75, 3.05) is 0 Å². The second-order valence-corrected chi connectivity index (χ2v) is 7.28. The molecule has 0 heterocycles. The molecule has 0 saturated heterocycles. The van der Waals surface area contributed by atoms with E-state index in [2.05, 4.69) is 34.6 Å². The van der Waals surface area contributed by atoms with Gasteiger partial charge in [-0.2, -0.15) is 0 Å². The predicted octanol–water partition coefficient (Wildman–Crippen LogP) is 6.45. The van der Waals surface area contributed by atoms with Gasteiger partial charge in [-0.15, -0.1) is 0 Å². The minimum atomic E-state index is 0.749. The van der Waals surface area contributed by atoms with Gasteiger partial charge in [-0.25, -0.2) is 0 Å². The van der Waals surface area contributed by atoms with E-state index in [4.69, 9.17) is 0 Å². The topological polar surface area (TPSA) is 0 Å². The Hall–Kier alpha value is 0. The summed E-state index contributed by atoms with van der Waals surface area (Å²) in [4.78, 5) is 0. The Labute approximate surface area is 116 Å². The van der Waals surface area contributed by atoms with Crippen LogP contribution >= 0.6 is 0 Å². The van der Waals surface area contributed by atoms with Crippen LogP contribution in [0.1, 0.15) is 92.4 Å². The summed E-state index contributed by atoms with van der Waals surface area (Å²) in [5, 5.41) is 0. The Kier molecular flexibility index (Phi) is 6.74. The zero-order valence-corrected chi connectivity index (χ0v) is 13.6. The quantitative estimate of drug-likeness (QED) is 0.392. The highest BCUT2D eigenvalue weighted by Gasteiger charge is 2.47. The molecule has 0 amide bonds. The Morgan fingerprint density at radius 1 is 1.00 bits per heavy atom. The molecule has 1 fully saturated rings. The minimum Gasteiger partial charge on any atom is -0.0651 e. The van der Waals surface area contributed by atoms with Gasteiger partial charge in [0.2, 0.25) is 0 Å². The van der Waals surface area contributed by atoms with Crippen molar-refractivity contribution in [1.29, 1.82) is 0 Å². The first kappa shape index (κ1) is 16.1. The second kappa shape index (κ2) is 7.56. The van der Waals surface area contributed by atoms with Gasteiger partial charge in [0.05, 0.1) is 0 Å². The van der Waals surface area contributed by atoms with Gasteiger partial charge in [0.15, 0.2) is 0 Å². The molecule has 4 atom stereocenters. The summed E-state index contributed by atoms with van der Waals surface area (Å²) in [5.41, 5.74) is 0.749. The standard InChI is InChI=1S/C18H36/c1-6-15(3)16(4)12-10-8-9-11-13-18(5)14-17(18)7-2/h15-17H,6-14H2,1-5H3. The van der Waals surface area contributed by atoms with E-state index in [1.165, 1.54) is 57.8 Å². The van der Waals surface area contributed by atoms with E-state index < -0.39 is 0 Å². The monoisotopic (exact) mass is 252 g/mol. The molecule has 0 spiro atoms. The van der Waals surface area contributed by atoms with Crippen molar-refractivity contribution in [3.8, 4) is 0 Å². The van der Waals surface area contributed by atoms with E-state index in [0.717, 1.165) is 23.2 Å². The average molecular weight is 252 g/mol. The lowest BCUT2D eigenvalue weighted by Gasteiger charge is -2.18. The van der Waals surface area contributed by atoms with E-state index in [1.54, 1.807) is 0 Å². The fourth-order valence-electron chi connectivity index (χ4n) is 3.48. The van der Waals surface area contributed by atoms with Crippen LogP contribution in [0.3, 0.4) is 0 Å². The Bertz CT molecular complexity index is 220. The molecule has 4 unspecified atom stereocenters. The zero-order valence-electron chi connectivity index (χ0n) is 13.6. The summed E-state index contributed by atoms with van der Waals surface area (Å²) in [5.74, 6) is 2.91. The van der Waals surface area contributed by atoms with Crippen molar-refractivity contribution in [2.45, 2.75) is 92.4 Å². The molecule has 0 nitrogen and oxygen atoms in total. The van der Waals surface area contributed by atoms with Crippen molar-refractivity contribution < 1.29 is 0 Å². The molecule has 0 N–H and O–H groups in total. The molecular formula is C18H36. The van der Waals surface area contributed by atoms with Crippen LogP contribution in [-0.4, -0.2) is 0 Å². The first-order valence-electron chi connectivity index (χ1n) is 8.53. The third-order valence-corrected chi connectivity index (χ3v) is 5.80. The molecule has 0 heteroatoms. The van der Waals surface area contributed by atoms with Gasteiger partial charge in [0.1, 0.15) is 0 Å². The van der Waals surface area contributed by atoms with Gasteiger partial charge < -0.3 is 0 Å². The molecule has 0 aromatic carbocycles. The Balaban J connectivity index is 1.93. The molecule has 1 saturated carbocycles. The molecule has 1 rings (SSSR count). The molecule has 0 aromatic rings. The maximum absolute atomic E-state index is 2.51. The summed E-state index contributed by atoms with van der Waals surface area (Å²) >= 11 is 0. The van der Waals surface area contributed by atoms with Crippen LogP contribution in [0.25, 0.3) is 0 Å². The van der Waals surface area contributed by atoms with E-state index in [-0.39, 0.29) is 0 Å². The largest absolute Gasteiger partial charge is 0.0651 e. The Morgan fingerprint density at radius 3 is 2.22 bits per heavy atom. The van der Waals surface area contributed by atoms with Gasteiger partial charge in [0.25, 0.3) is 0 Å². The molecule has 0 aromatic heterocycles. The van der Waals surface area contributed by atoms with Gasteiger partial charge in [-0.1, -0.05) is 79.6 Å². The van der Waals surface area contributed by atoms with Crippen molar-refractivity contribution in [1.82, 2.24) is 0 Å². The van der Waals surface area contributed by atoms with Crippen molar-refractivity contribution in [2.24, 2.45) is 23.2 Å². The number of hydrogen-bond donors (Lipinski definition) is 0. The number of rotatable bonds is 10. The minimum absolute atomic E-state index is 0.749. The molecule has 0 aliphatic heterocycles. The fraction of sp³-hybridized carbons (Fsp3) is 1.00. The van der Waals surface area contributed by atoms with Crippen molar-refractivity contribution in [3.05, 3.63) is 0 Å². The summed E-state index contributed by atoms with van der Waals surface area (Å²) in [6.45, 7) is 12.0. The summed E-state index contributed by atoms with van der Waals surface area (Å²) in [7, 11) is 0. The van der Waals surface area contributed by atoms with Crippen LogP contribution in [0.4, 0.5) is 0 Å². The van der Waals surface area contributed by atoms with Gasteiger partial charge in [-0.05, 0) is 36.0 Å². The average Bonchev–Trinajstić information content (AvgIpc) is 3.03. The van der Waals surface area contributed by atoms with E-state index in [9.17, 15) is 0 Å². The van der Waals surface area contributed by atoms with Crippen molar-refractivity contribution >= 4 is 0 Å². The van der Waals surface area contributed by atoms with Gasteiger partial charge in [-0.3, -0.25) is 0 Å². The lowest BCUT2D eigenvalue weighted by molar-refractivity contribution is 0.339. The molecule has 0 bridgehead atoms. The summed E-state index contributed by atoms with van der Waals surface area (Å²) < 4.78 is 0. The highest BCUT2D eigenvalue weighted by molar-refractivity contribution is 4.97. The smallest absolute Gasteiger partial charge is 0.0295 e. The van der Waals surface area contributed by atoms with Crippen LogP contribution in [0.2, 0.25) is 0 Å². The molecule has 1 aliphatic carbocycles. The SMILES string of the molecule is CCC(C)C(C)CCCCCCC1(C)CC1CC. The lowest BCUT2D eigenvalue weighted by atomic mass is 9.88. The van der Waals surface area contributed by atoms with Gasteiger partial charge in [0, 0.05) is 0 Å². The third kappa shape index (κ3) is 4.94. The summed E-state index contributed by atoms with van der Waals surface area (Å²) in [6, 6.07) is 0. The van der Waals surface area contributed by atoms with Gasteiger partial charge >= 0.3 is 0 Å². The van der Waals surface area contributed by atoms with Crippen LogP contribution in [0.5, 0.6) is 0 Å². The zero-order chi connectivity index (χ0) is 13.6. The predicted molar refractivity (Wildman–Crippen MR) is 82.8 cm³/mol. The Morgan fingerprint density at radius 2 is 1.67 bits per heavy atom. The molecule has 0 radical (unpaired) electrons.